The first kappa shape index (κ1) is 12.9. The molecule has 0 bridgehead atoms. The average Bonchev–Trinajstić information content (AvgIpc) is 2.29. The Morgan fingerprint density at radius 2 is 2.12 bits per heavy atom. The Morgan fingerprint density at radius 1 is 1.38 bits per heavy atom. The van der Waals surface area contributed by atoms with Gasteiger partial charge in [0, 0.05) is 13.6 Å². The molecule has 0 unspecified atom stereocenters. The lowest BCUT2D eigenvalue weighted by Crippen LogP contribution is -2.18. The van der Waals surface area contributed by atoms with Crippen LogP contribution in [0, 0.1) is 11.3 Å². The molecule has 2 nitrogen and oxygen atoms in total. The highest BCUT2D eigenvalue weighted by Gasteiger charge is 2.06. The molecule has 0 spiro atoms. The van der Waals surface area contributed by atoms with Crippen molar-refractivity contribution in [3.63, 3.8) is 0 Å². The zero-order valence-electron chi connectivity index (χ0n) is 9.83. The van der Waals surface area contributed by atoms with Crippen LogP contribution in [0.2, 0.25) is 5.02 Å². The van der Waals surface area contributed by atoms with Crippen LogP contribution in [0.1, 0.15) is 31.7 Å². The van der Waals surface area contributed by atoms with Crippen molar-refractivity contribution in [2.45, 2.75) is 26.2 Å². The number of benzene rings is 1. The van der Waals surface area contributed by atoms with Crippen LogP contribution < -0.4 is 4.90 Å². The van der Waals surface area contributed by atoms with Crippen molar-refractivity contribution in [1.82, 2.24) is 0 Å². The quantitative estimate of drug-likeness (QED) is 0.727. The van der Waals surface area contributed by atoms with Gasteiger partial charge in [-0.2, -0.15) is 5.26 Å². The number of anilines is 1. The topological polar surface area (TPSA) is 27.0 Å². The van der Waals surface area contributed by atoms with Crippen LogP contribution in [0.5, 0.6) is 0 Å². The summed E-state index contributed by atoms with van der Waals surface area (Å²) in [4.78, 5) is 2.14. The molecule has 1 rings (SSSR count). The molecule has 0 radical (unpaired) electrons. The number of nitriles is 1. The number of rotatable bonds is 5. The van der Waals surface area contributed by atoms with Gasteiger partial charge in [0.05, 0.1) is 22.3 Å². The van der Waals surface area contributed by atoms with E-state index in [2.05, 4.69) is 17.9 Å². The molecule has 0 amide bonds. The fourth-order valence-corrected chi connectivity index (χ4v) is 1.93. The van der Waals surface area contributed by atoms with Crippen LogP contribution in [0.4, 0.5) is 5.69 Å². The molecular weight excluding hydrogens is 220 g/mol. The number of hydrogen-bond acceptors (Lipinski definition) is 2. The van der Waals surface area contributed by atoms with Crippen LogP contribution in [0.15, 0.2) is 18.2 Å². The van der Waals surface area contributed by atoms with Crippen LogP contribution in [-0.2, 0) is 0 Å². The minimum Gasteiger partial charge on any atom is -0.373 e. The molecule has 1 aromatic rings. The molecule has 0 aliphatic rings. The van der Waals surface area contributed by atoms with E-state index in [1.807, 2.05) is 13.1 Å². The SMILES string of the molecule is CCCCCN(C)c1ccc(C#N)cc1Cl. The zero-order valence-corrected chi connectivity index (χ0v) is 10.6. The summed E-state index contributed by atoms with van der Waals surface area (Å²) >= 11 is 6.12. The summed E-state index contributed by atoms with van der Waals surface area (Å²) in [5, 5.41) is 9.39. The highest BCUT2D eigenvalue weighted by molar-refractivity contribution is 6.33. The smallest absolute Gasteiger partial charge is 0.0992 e. The molecule has 0 saturated heterocycles. The van der Waals surface area contributed by atoms with Crippen molar-refractivity contribution in [3.05, 3.63) is 28.8 Å². The number of nitrogens with zero attached hydrogens (tertiary/aromatic N) is 2. The summed E-state index contributed by atoms with van der Waals surface area (Å²) in [6, 6.07) is 7.51. The number of unbranched alkanes of at least 4 members (excludes halogenated alkanes) is 2. The van der Waals surface area contributed by atoms with E-state index in [0.29, 0.717) is 10.6 Å². The predicted octanol–water partition coefficient (Wildman–Crippen LogP) is 3.84. The van der Waals surface area contributed by atoms with E-state index in [0.717, 1.165) is 12.2 Å². The molecule has 16 heavy (non-hydrogen) atoms. The summed E-state index contributed by atoms with van der Waals surface area (Å²) in [5.41, 5.74) is 1.60. The summed E-state index contributed by atoms with van der Waals surface area (Å²) in [5.74, 6) is 0. The number of halogens is 1. The molecule has 0 aliphatic carbocycles. The minimum atomic E-state index is 0.607. The van der Waals surface area contributed by atoms with E-state index in [9.17, 15) is 0 Å². The molecule has 86 valence electrons. The summed E-state index contributed by atoms with van der Waals surface area (Å²) in [6.45, 7) is 3.19. The molecule has 3 heteroatoms. The Morgan fingerprint density at radius 3 is 2.69 bits per heavy atom. The first-order valence-electron chi connectivity index (χ1n) is 5.59. The highest BCUT2D eigenvalue weighted by atomic mass is 35.5. The predicted molar refractivity (Wildman–Crippen MR) is 69.0 cm³/mol. The monoisotopic (exact) mass is 236 g/mol. The Bertz CT molecular complexity index is 382. The molecule has 0 N–H and O–H groups in total. The maximum atomic E-state index is 8.74. The molecule has 0 fully saturated rings. The van der Waals surface area contributed by atoms with Crippen molar-refractivity contribution >= 4 is 17.3 Å². The Labute approximate surface area is 102 Å². The minimum absolute atomic E-state index is 0.607. The van der Waals surface area contributed by atoms with Crippen LogP contribution in [0.25, 0.3) is 0 Å². The Kier molecular flexibility index (Phi) is 5.14. The van der Waals surface area contributed by atoms with Crippen molar-refractivity contribution in [3.8, 4) is 6.07 Å². The first-order valence-corrected chi connectivity index (χ1v) is 5.97. The average molecular weight is 237 g/mol. The van der Waals surface area contributed by atoms with Gasteiger partial charge in [-0.3, -0.25) is 0 Å². The maximum Gasteiger partial charge on any atom is 0.0992 e. The molecule has 1 aromatic carbocycles. The van der Waals surface area contributed by atoms with Crippen molar-refractivity contribution in [2.75, 3.05) is 18.5 Å². The van der Waals surface area contributed by atoms with Crippen molar-refractivity contribution in [2.24, 2.45) is 0 Å². The maximum absolute atomic E-state index is 8.74. The summed E-state index contributed by atoms with van der Waals surface area (Å²) < 4.78 is 0. The fraction of sp³-hybridized carbons (Fsp3) is 0.462. The third-order valence-corrected chi connectivity index (χ3v) is 2.89. The lowest BCUT2D eigenvalue weighted by atomic mass is 10.2. The van der Waals surface area contributed by atoms with E-state index >= 15 is 0 Å². The van der Waals surface area contributed by atoms with Crippen LogP contribution in [-0.4, -0.2) is 13.6 Å². The van der Waals surface area contributed by atoms with Gasteiger partial charge in [0.2, 0.25) is 0 Å². The Hall–Kier alpha value is -1.20. The molecule has 0 aliphatic heterocycles. The molecule has 0 aromatic heterocycles. The third-order valence-electron chi connectivity index (χ3n) is 2.59. The second kappa shape index (κ2) is 6.40. The van der Waals surface area contributed by atoms with E-state index in [4.69, 9.17) is 16.9 Å². The summed E-state index contributed by atoms with van der Waals surface area (Å²) in [7, 11) is 2.03. The first-order chi connectivity index (χ1) is 7.69. The van der Waals surface area contributed by atoms with Gasteiger partial charge in [-0.1, -0.05) is 31.4 Å². The standard InChI is InChI=1S/C13H17ClN2/c1-3-4-5-8-16(2)13-7-6-11(10-15)9-12(13)14/h6-7,9H,3-5,8H2,1-2H3. The van der Waals surface area contributed by atoms with Gasteiger partial charge in [-0.25, -0.2) is 0 Å². The van der Waals surface area contributed by atoms with Gasteiger partial charge >= 0.3 is 0 Å². The normalized spacial score (nSPS) is 9.88. The molecule has 0 saturated carbocycles. The van der Waals surface area contributed by atoms with E-state index in [1.54, 1.807) is 12.1 Å². The van der Waals surface area contributed by atoms with E-state index in [-0.39, 0.29) is 0 Å². The summed E-state index contributed by atoms with van der Waals surface area (Å²) in [6.07, 6.45) is 3.62. The van der Waals surface area contributed by atoms with Gasteiger partial charge in [-0.15, -0.1) is 0 Å². The number of hydrogen-bond donors (Lipinski definition) is 0. The molecule has 0 heterocycles. The Balaban J connectivity index is 2.69. The lowest BCUT2D eigenvalue weighted by molar-refractivity contribution is 0.705. The van der Waals surface area contributed by atoms with Gasteiger partial charge in [0.15, 0.2) is 0 Å². The van der Waals surface area contributed by atoms with Gasteiger partial charge in [-0.05, 0) is 24.6 Å². The van der Waals surface area contributed by atoms with E-state index in [1.165, 1.54) is 19.3 Å². The van der Waals surface area contributed by atoms with Crippen molar-refractivity contribution in [1.29, 1.82) is 5.26 Å². The highest BCUT2D eigenvalue weighted by Crippen LogP contribution is 2.26. The molecule has 0 atom stereocenters. The lowest BCUT2D eigenvalue weighted by Gasteiger charge is -2.20. The van der Waals surface area contributed by atoms with Crippen molar-refractivity contribution < 1.29 is 0 Å². The van der Waals surface area contributed by atoms with Gasteiger partial charge < -0.3 is 4.90 Å². The van der Waals surface area contributed by atoms with E-state index < -0.39 is 0 Å². The van der Waals surface area contributed by atoms with Gasteiger partial charge in [0.25, 0.3) is 0 Å². The van der Waals surface area contributed by atoms with Crippen LogP contribution in [0.3, 0.4) is 0 Å². The second-order valence-corrected chi connectivity index (χ2v) is 4.31. The second-order valence-electron chi connectivity index (χ2n) is 3.91. The zero-order chi connectivity index (χ0) is 12.0. The fourth-order valence-electron chi connectivity index (χ4n) is 1.61. The van der Waals surface area contributed by atoms with Crippen LogP contribution >= 0.6 is 11.6 Å². The third kappa shape index (κ3) is 3.43. The van der Waals surface area contributed by atoms with Gasteiger partial charge in [0.1, 0.15) is 0 Å². The largest absolute Gasteiger partial charge is 0.373 e. The molecular formula is C13H17ClN2.